The molecule has 0 radical (unpaired) electrons. The van der Waals surface area contributed by atoms with E-state index in [9.17, 15) is 9.59 Å². The first kappa shape index (κ1) is 24.8. The summed E-state index contributed by atoms with van der Waals surface area (Å²) in [4.78, 5) is 32.0. The number of anilines is 1. The first-order valence-electron chi connectivity index (χ1n) is 12.2. The number of nitrogens with two attached hydrogens (primary N) is 1. The largest absolute Gasteiger partial charge is 0.496 e. The number of rotatable bonds is 7. The topological polar surface area (TPSA) is 94.2 Å². The van der Waals surface area contributed by atoms with Gasteiger partial charge in [-0.25, -0.2) is 0 Å². The molecule has 1 aliphatic rings. The molecule has 0 saturated heterocycles. The Balaban J connectivity index is 1.82. The first-order valence-corrected chi connectivity index (χ1v) is 12.2. The maximum Gasteiger partial charge on any atom is 0.248 e. The van der Waals surface area contributed by atoms with E-state index in [2.05, 4.69) is 0 Å². The van der Waals surface area contributed by atoms with Gasteiger partial charge >= 0.3 is 0 Å². The van der Waals surface area contributed by atoms with Crippen LogP contribution in [0.1, 0.15) is 27.0 Å². The highest BCUT2D eigenvalue weighted by molar-refractivity contribution is 6.22. The SMILES string of the molecule is COc1cc2c(c(OC)c1-c1ccccc1)C(c1cccc(C(N)=O)c1)=NCC(=O)N2Cc1ccccc1. The van der Waals surface area contributed by atoms with Crippen LogP contribution < -0.4 is 20.1 Å². The predicted molar refractivity (Wildman–Crippen MR) is 148 cm³/mol. The minimum atomic E-state index is -0.547. The molecule has 0 atom stereocenters. The molecule has 38 heavy (non-hydrogen) atoms. The van der Waals surface area contributed by atoms with Gasteiger partial charge in [0.05, 0.1) is 43.3 Å². The number of aliphatic imine (C=N–C) groups is 1. The van der Waals surface area contributed by atoms with Crippen molar-refractivity contribution in [3.8, 4) is 22.6 Å². The number of benzodiazepines with no additional fused rings is 1. The summed E-state index contributed by atoms with van der Waals surface area (Å²) in [7, 11) is 3.19. The lowest BCUT2D eigenvalue weighted by Gasteiger charge is -2.27. The summed E-state index contributed by atoms with van der Waals surface area (Å²) in [6.07, 6.45) is 0. The van der Waals surface area contributed by atoms with Gasteiger partial charge in [0.1, 0.15) is 18.0 Å². The van der Waals surface area contributed by atoms with E-state index in [0.29, 0.717) is 46.1 Å². The Morgan fingerprint density at radius 3 is 2.21 bits per heavy atom. The predicted octanol–water partition coefficient (Wildman–Crippen LogP) is 4.85. The van der Waals surface area contributed by atoms with Crippen molar-refractivity contribution in [2.75, 3.05) is 25.7 Å². The molecule has 4 aromatic rings. The highest BCUT2D eigenvalue weighted by atomic mass is 16.5. The second-order valence-corrected chi connectivity index (χ2v) is 8.82. The third-order valence-corrected chi connectivity index (χ3v) is 6.52. The minimum Gasteiger partial charge on any atom is -0.496 e. The van der Waals surface area contributed by atoms with Crippen molar-refractivity contribution in [1.29, 1.82) is 0 Å². The van der Waals surface area contributed by atoms with Crippen molar-refractivity contribution >= 4 is 23.2 Å². The van der Waals surface area contributed by atoms with Crippen molar-refractivity contribution in [2.24, 2.45) is 10.7 Å². The molecule has 0 fully saturated rings. The van der Waals surface area contributed by atoms with Gasteiger partial charge in [-0.2, -0.15) is 0 Å². The molecule has 2 N–H and O–H groups in total. The number of benzene rings is 4. The van der Waals surface area contributed by atoms with E-state index in [1.165, 1.54) is 0 Å². The maximum atomic E-state index is 13.6. The Morgan fingerprint density at radius 1 is 0.868 bits per heavy atom. The van der Waals surface area contributed by atoms with Crippen LogP contribution in [0, 0.1) is 0 Å². The smallest absolute Gasteiger partial charge is 0.248 e. The zero-order valence-corrected chi connectivity index (χ0v) is 21.2. The van der Waals surface area contributed by atoms with Crippen LogP contribution in [-0.2, 0) is 11.3 Å². The number of hydrogen-bond acceptors (Lipinski definition) is 5. The van der Waals surface area contributed by atoms with E-state index < -0.39 is 5.91 Å². The van der Waals surface area contributed by atoms with Crippen molar-refractivity contribution in [3.05, 3.63) is 113 Å². The Bertz CT molecular complexity index is 1530. The molecule has 7 nitrogen and oxygen atoms in total. The maximum absolute atomic E-state index is 13.6. The molecule has 0 unspecified atom stereocenters. The molecule has 1 aliphatic heterocycles. The van der Waals surface area contributed by atoms with E-state index >= 15 is 0 Å². The quantitative estimate of drug-likeness (QED) is 0.388. The molecule has 5 rings (SSSR count). The van der Waals surface area contributed by atoms with Crippen molar-refractivity contribution in [2.45, 2.75) is 6.54 Å². The van der Waals surface area contributed by atoms with Gasteiger partial charge < -0.3 is 20.1 Å². The summed E-state index contributed by atoms with van der Waals surface area (Å²) < 4.78 is 11.9. The van der Waals surface area contributed by atoms with Crippen LogP contribution in [0.5, 0.6) is 11.5 Å². The molecule has 2 amide bonds. The summed E-state index contributed by atoms with van der Waals surface area (Å²) in [5, 5.41) is 0. The number of carbonyl (C=O) groups excluding carboxylic acids is 2. The van der Waals surface area contributed by atoms with Gasteiger partial charge in [0.25, 0.3) is 0 Å². The van der Waals surface area contributed by atoms with Crippen LogP contribution in [0.15, 0.2) is 96.0 Å². The van der Waals surface area contributed by atoms with Crippen LogP contribution in [0.3, 0.4) is 0 Å². The lowest BCUT2D eigenvalue weighted by atomic mass is 9.92. The van der Waals surface area contributed by atoms with Crippen LogP contribution >= 0.6 is 0 Å². The molecule has 0 aliphatic carbocycles. The fourth-order valence-electron chi connectivity index (χ4n) is 4.75. The molecule has 4 aromatic carbocycles. The molecule has 7 heteroatoms. The van der Waals surface area contributed by atoms with Crippen molar-refractivity contribution in [3.63, 3.8) is 0 Å². The standard InChI is InChI=1S/C31H27N3O4/c1-37-25-17-24-28(30(38-2)27(25)21-12-7-4-8-13-21)29(22-14-9-15-23(16-22)31(32)36)33-18-26(35)34(24)19-20-10-5-3-6-11-20/h3-17H,18-19H2,1-2H3,(H2,32,36). The van der Waals surface area contributed by atoms with Crippen LogP contribution in [0.4, 0.5) is 5.69 Å². The van der Waals surface area contributed by atoms with Crippen LogP contribution in [-0.4, -0.2) is 38.3 Å². The van der Waals surface area contributed by atoms with Gasteiger partial charge in [0.15, 0.2) is 0 Å². The van der Waals surface area contributed by atoms with Gasteiger partial charge in [-0.1, -0.05) is 72.8 Å². The summed E-state index contributed by atoms with van der Waals surface area (Å²) in [6, 6.07) is 28.3. The Hall–Kier alpha value is -4.91. The molecule has 0 aromatic heterocycles. The van der Waals surface area contributed by atoms with Gasteiger partial charge in [-0.05, 0) is 23.3 Å². The monoisotopic (exact) mass is 505 g/mol. The second-order valence-electron chi connectivity index (χ2n) is 8.82. The minimum absolute atomic E-state index is 0.0796. The van der Waals surface area contributed by atoms with Gasteiger partial charge in [0.2, 0.25) is 11.8 Å². The van der Waals surface area contributed by atoms with E-state index in [-0.39, 0.29) is 12.5 Å². The fourth-order valence-corrected chi connectivity index (χ4v) is 4.75. The fraction of sp³-hybridized carbons (Fsp3) is 0.129. The zero-order valence-electron chi connectivity index (χ0n) is 21.2. The van der Waals surface area contributed by atoms with Gasteiger partial charge in [-0.15, -0.1) is 0 Å². The lowest BCUT2D eigenvalue weighted by Crippen LogP contribution is -2.32. The molecular formula is C31H27N3O4. The van der Waals surface area contributed by atoms with E-state index in [1.54, 1.807) is 37.3 Å². The van der Waals surface area contributed by atoms with E-state index in [1.807, 2.05) is 72.8 Å². The normalized spacial score (nSPS) is 12.8. The molecule has 0 bridgehead atoms. The Kier molecular flexibility index (Phi) is 6.91. The van der Waals surface area contributed by atoms with Gasteiger partial charge in [-0.3, -0.25) is 14.6 Å². The number of ether oxygens (including phenoxy) is 2. The zero-order chi connectivity index (χ0) is 26.6. The van der Waals surface area contributed by atoms with E-state index in [4.69, 9.17) is 20.2 Å². The summed E-state index contributed by atoms with van der Waals surface area (Å²) in [5.74, 6) is 0.355. The van der Waals surface area contributed by atoms with Crippen molar-refractivity contribution < 1.29 is 19.1 Å². The number of fused-ring (bicyclic) bond motifs is 1. The van der Waals surface area contributed by atoms with Crippen LogP contribution in [0.2, 0.25) is 0 Å². The van der Waals surface area contributed by atoms with Crippen LogP contribution in [0.25, 0.3) is 11.1 Å². The molecule has 1 heterocycles. The summed E-state index contributed by atoms with van der Waals surface area (Å²) >= 11 is 0. The first-order chi connectivity index (χ1) is 18.5. The number of methoxy groups -OCH3 is 2. The molecular weight excluding hydrogens is 478 g/mol. The Labute approximate surface area is 221 Å². The number of hydrogen-bond donors (Lipinski definition) is 1. The number of amides is 2. The highest BCUT2D eigenvalue weighted by Crippen LogP contribution is 2.47. The molecule has 0 saturated carbocycles. The van der Waals surface area contributed by atoms with E-state index in [0.717, 1.165) is 16.7 Å². The van der Waals surface area contributed by atoms with Crippen molar-refractivity contribution in [1.82, 2.24) is 0 Å². The van der Waals surface area contributed by atoms with Gasteiger partial charge in [0, 0.05) is 17.2 Å². The number of carbonyl (C=O) groups is 2. The Morgan fingerprint density at radius 2 is 1.55 bits per heavy atom. The summed E-state index contributed by atoms with van der Waals surface area (Å²) in [6.45, 7) is 0.261. The highest BCUT2D eigenvalue weighted by Gasteiger charge is 2.32. The molecule has 190 valence electrons. The third kappa shape index (κ3) is 4.62. The average molecular weight is 506 g/mol. The third-order valence-electron chi connectivity index (χ3n) is 6.52. The number of primary amides is 1. The second kappa shape index (κ2) is 10.6. The number of nitrogens with zero attached hydrogens (tertiary/aromatic N) is 2. The molecule has 0 spiro atoms. The lowest BCUT2D eigenvalue weighted by molar-refractivity contribution is -0.117. The summed E-state index contributed by atoms with van der Waals surface area (Å²) in [5.41, 5.74) is 10.9. The average Bonchev–Trinajstić information content (AvgIpc) is 3.09.